The largest absolute Gasteiger partial charge is 0.361 e. The lowest BCUT2D eigenvalue weighted by Gasteiger charge is -2.03. The van der Waals surface area contributed by atoms with Crippen molar-refractivity contribution in [1.82, 2.24) is 0 Å². The molecule has 1 fully saturated rings. The maximum Gasteiger partial charge on any atom is 0.137 e. The summed E-state index contributed by atoms with van der Waals surface area (Å²) in [5, 5.41) is 2.09. The third-order valence-electron chi connectivity index (χ3n) is 1.40. The molecule has 3 heteroatoms. The number of rotatable bonds is 1. The van der Waals surface area contributed by atoms with Gasteiger partial charge in [-0.2, -0.15) is 0 Å². The van der Waals surface area contributed by atoms with Crippen molar-refractivity contribution >= 4 is 23.1 Å². The van der Waals surface area contributed by atoms with Gasteiger partial charge in [-0.05, 0) is 11.4 Å². The zero-order chi connectivity index (χ0) is 6.81. The number of thiophene rings is 1. The highest BCUT2D eigenvalue weighted by Gasteiger charge is 2.18. The van der Waals surface area contributed by atoms with E-state index in [-0.39, 0.29) is 0 Å². The lowest BCUT2D eigenvalue weighted by molar-refractivity contribution is 0.147. The second-order valence-corrected chi connectivity index (χ2v) is 4.24. The van der Waals surface area contributed by atoms with E-state index in [2.05, 4.69) is 17.5 Å². The summed E-state index contributed by atoms with van der Waals surface area (Å²) in [6, 6.07) is 4.20. The van der Waals surface area contributed by atoms with Gasteiger partial charge < -0.3 is 4.74 Å². The standard InChI is InChI=1S/C7H8OS2/c1-2-6(9-4-1)7-8-3-5-10-7/h1-2,4,7H,3,5H2. The van der Waals surface area contributed by atoms with Crippen molar-refractivity contribution in [2.75, 3.05) is 12.4 Å². The van der Waals surface area contributed by atoms with Crippen LogP contribution in [0, 0.1) is 0 Å². The van der Waals surface area contributed by atoms with Gasteiger partial charge in [0, 0.05) is 10.6 Å². The van der Waals surface area contributed by atoms with E-state index in [1.807, 2.05) is 11.8 Å². The molecule has 0 saturated carbocycles. The molecule has 0 bridgehead atoms. The van der Waals surface area contributed by atoms with E-state index in [1.165, 1.54) is 4.88 Å². The molecule has 1 unspecified atom stereocenters. The first kappa shape index (κ1) is 6.70. The Labute approximate surface area is 68.4 Å². The van der Waals surface area contributed by atoms with Crippen LogP contribution in [0.25, 0.3) is 0 Å². The molecule has 0 aromatic carbocycles. The van der Waals surface area contributed by atoms with Crippen molar-refractivity contribution < 1.29 is 4.74 Å². The van der Waals surface area contributed by atoms with E-state index in [4.69, 9.17) is 4.74 Å². The van der Waals surface area contributed by atoms with Gasteiger partial charge in [-0.3, -0.25) is 0 Å². The van der Waals surface area contributed by atoms with Crippen molar-refractivity contribution in [1.29, 1.82) is 0 Å². The Hall–Kier alpha value is 0.01000. The monoisotopic (exact) mass is 172 g/mol. The number of hydrogen-bond acceptors (Lipinski definition) is 3. The second kappa shape index (κ2) is 2.95. The topological polar surface area (TPSA) is 9.23 Å². The zero-order valence-electron chi connectivity index (χ0n) is 5.45. The minimum absolute atomic E-state index is 0.333. The SMILES string of the molecule is c1csc(C2OCCS2)c1. The van der Waals surface area contributed by atoms with Crippen molar-refractivity contribution in [3.05, 3.63) is 22.4 Å². The van der Waals surface area contributed by atoms with E-state index < -0.39 is 0 Å². The maximum atomic E-state index is 5.47. The van der Waals surface area contributed by atoms with E-state index in [0.29, 0.717) is 5.44 Å². The Bertz CT molecular complexity index is 189. The van der Waals surface area contributed by atoms with Gasteiger partial charge in [0.1, 0.15) is 5.44 Å². The smallest absolute Gasteiger partial charge is 0.137 e. The van der Waals surface area contributed by atoms with Crippen molar-refractivity contribution in [2.45, 2.75) is 5.44 Å². The van der Waals surface area contributed by atoms with Crippen LogP contribution in [0.1, 0.15) is 10.3 Å². The van der Waals surface area contributed by atoms with Gasteiger partial charge in [-0.25, -0.2) is 0 Å². The Kier molecular flexibility index (Phi) is 1.97. The molecular formula is C7H8OS2. The molecule has 54 valence electrons. The summed E-state index contributed by atoms with van der Waals surface area (Å²) in [5.74, 6) is 1.14. The molecule has 0 spiro atoms. The number of hydrogen-bond donors (Lipinski definition) is 0. The first-order valence-electron chi connectivity index (χ1n) is 3.23. The third kappa shape index (κ3) is 1.21. The molecular weight excluding hydrogens is 164 g/mol. The lowest BCUT2D eigenvalue weighted by Crippen LogP contribution is -1.87. The molecule has 1 aliphatic heterocycles. The summed E-state index contributed by atoms with van der Waals surface area (Å²) >= 11 is 3.66. The highest BCUT2D eigenvalue weighted by molar-refractivity contribution is 7.99. The lowest BCUT2D eigenvalue weighted by atomic mass is 10.5. The van der Waals surface area contributed by atoms with E-state index in [1.54, 1.807) is 11.3 Å². The zero-order valence-corrected chi connectivity index (χ0v) is 7.08. The highest BCUT2D eigenvalue weighted by Crippen LogP contribution is 2.36. The molecule has 2 rings (SSSR count). The molecule has 0 radical (unpaired) electrons. The quantitative estimate of drug-likeness (QED) is 0.643. The molecule has 0 aliphatic carbocycles. The summed E-state index contributed by atoms with van der Waals surface area (Å²) in [5.41, 5.74) is 0.333. The fourth-order valence-corrected chi connectivity index (χ4v) is 2.81. The fraction of sp³-hybridized carbons (Fsp3) is 0.429. The normalized spacial score (nSPS) is 25.4. The molecule has 1 atom stereocenters. The molecule has 1 saturated heterocycles. The van der Waals surface area contributed by atoms with Gasteiger partial charge in [0.25, 0.3) is 0 Å². The van der Waals surface area contributed by atoms with Crippen LogP contribution < -0.4 is 0 Å². The first-order chi connectivity index (χ1) is 4.97. The summed E-state index contributed by atoms with van der Waals surface area (Å²) in [6.45, 7) is 0.910. The minimum Gasteiger partial charge on any atom is -0.361 e. The number of thioether (sulfide) groups is 1. The molecule has 10 heavy (non-hydrogen) atoms. The molecule has 2 heterocycles. The van der Waals surface area contributed by atoms with Crippen LogP contribution in [-0.2, 0) is 4.74 Å². The summed E-state index contributed by atoms with van der Waals surface area (Å²) in [4.78, 5) is 1.35. The van der Waals surface area contributed by atoms with Gasteiger partial charge in [0.2, 0.25) is 0 Å². The van der Waals surface area contributed by atoms with Crippen molar-refractivity contribution in [2.24, 2.45) is 0 Å². The van der Waals surface area contributed by atoms with Crippen molar-refractivity contribution in [3.63, 3.8) is 0 Å². The van der Waals surface area contributed by atoms with Gasteiger partial charge in [0.05, 0.1) is 6.61 Å². The van der Waals surface area contributed by atoms with E-state index in [9.17, 15) is 0 Å². The first-order valence-corrected chi connectivity index (χ1v) is 5.16. The summed E-state index contributed by atoms with van der Waals surface area (Å²) in [6.07, 6.45) is 0. The Balaban J connectivity index is 2.12. The molecule has 0 amide bonds. The predicted molar refractivity (Wildman–Crippen MR) is 45.5 cm³/mol. The van der Waals surface area contributed by atoms with Crippen LogP contribution >= 0.6 is 23.1 Å². The fourth-order valence-electron chi connectivity index (χ4n) is 0.948. The van der Waals surface area contributed by atoms with Crippen LogP contribution in [-0.4, -0.2) is 12.4 Å². The van der Waals surface area contributed by atoms with Gasteiger partial charge >= 0.3 is 0 Å². The predicted octanol–water partition coefficient (Wildman–Crippen LogP) is 2.51. The second-order valence-electron chi connectivity index (χ2n) is 2.09. The summed E-state index contributed by atoms with van der Waals surface area (Å²) < 4.78 is 5.47. The van der Waals surface area contributed by atoms with Crippen LogP contribution in [0.2, 0.25) is 0 Å². The van der Waals surface area contributed by atoms with Gasteiger partial charge in [-0.1, -0.05) is 6.07 Å². The third-order valence-corrected chi connectivity index (χ3v) is 3.56. The average Bonchev–Trinajstić information content (AvgIpc) is 2.59. The highest BCUT2D eigenvalue weighted by atomic mass is 32.2. The van der Waals surface area contributed by atoms with Gasteiger partial charge in [-0.15, -0.1) is 23.1 Å². The minimum atomic E-state index is 0.333. The van der Waals surface area contributed by atoms with Gasteiger partial charge in [0.15, 0.2) is 0 Å². The molecule has 1 aromatic rings. The Morgan fingerprint density at radius 2 is 2.60 bits per heavy atom. The van der Waals surface area contributed by atoms with Crippen LogP contribution in [0.4, 0.5) is 0 Å². The van der Waals surface area contributed by atoms with Crippen LogP contribution in [0.15, 0.2) is 17.5 Å². The van der Waals surface area contributed by atoms with Crippen LogP contribution in [0.5, 0.6) is 0 Å². The van der Waals surface area contributed by atoms with E-state index in [0.717, 1.165) is 12.4 Å². The Morgan fingerprint density at radius 1 is 1.60 bits per heavy atom. The van der Waals surface area contributed by atoms with Crippen molar-refractivity contribution in [3.8, 4) is 0 Å². The molecule has 1 aliphatic rings. The van der Waals surface area contributed by atoms with E-state index >= 15 is 0 Å². The molecule has 1 aromatic heterocycles. The maximum absolute atomic E-state index is 5.47. The molecule has 0 N–H and O–H groups in total. The molecule has 1 nitrogen and oxygen atoms in total. The summed E-state index contributed by atoms with van der Waals surface area (Å²) in [7, 11) is 0. The number of ether oxygens (including phenoxy) is 1. The van der Waals surface area contributed by atoms with Crippen LogP contribution in [0.3, 0.4) is 0 Å². The average molecular weight is 172 g/mol. The Morgan fingerprint density at radius 3 is 3.20 bits per heavy atom.